The molecule has 0 fully saturated rings. The Hall–Kier alpha value is -2.27. The Balaban J connectivity index is 2.26. The van der Waals surface area contributed by atoms with E-state index in [1.807, 2.05) is 0 Å². The smallest absolute Gasteiger partial charge is 0.259 e. The molecule has 6 heteroatoms. The molecule has 19 heavy (non-hydrogen) atoms. The molecule has 0 aliphatic carbocycles. The fourth-order valence-electron chi connectivity index (χ4n) is 1.52. The van der Waals surface area contributed by atoms with E-state index in [0.717, 1.165) is 6.07 Å². The highest BCUT2D eigenvalue weighted by Crippen LogP contribution is 2.26. The normalized spacial score (nSPS) is 10.2. The lowest BCUT2D eigenvalue weighted by Gasteiger charge is -2.08. The van der Waals surface area contributed by atoms with Crippen molar-refractivity contribution in [2.45, 2.75) is 0 Å². The van der Waals surface area contributed by atoms with E-state index in [1.54, 1.807) is 0 Å². The molecule has 2 aromatic carbocycles. The second-order valence-electron chi connectivity index (χ2n) is 3.83. The second kappa shape index (κ2) is 5.16. The number of phenolic OH excluding ortho intramolecular Hbond substituents is 1. The van der Waals surface area contributed by atoms with Crippen LogP contribution in [0.15, 0.2) is 36.4 Å². The lowest BCUT2D eigenvalue weighted by atomic mass is 10.1. The van der Waals surface area contributed by atoms with Gasteiger partial charge in [0.25, 0.3) is 5.91 Å². The number of hydrogen-bond donors (Lipinski definition) is 3. The summed E-state index contributed by atoms with van der Waals surface area (Å²) >= 11 is 5.54. The number of aromatic hydroxyl groups is 1. The highest BCUT2D eigenvalue weighted by Gasteiger charge is 2.13. The van der Waals surface area contributed by atoms with Crippen molar-refractivity contribution in [3.05, 3.63) is 52.8 Å². The minimum Gasteiger partial charge on any atom is -0.505 e. The zero-order valence-corrected chi connectivity index (χ0v) is 10.4. The second-order valence-corrected chi connectivity index (χ2v) is 4.23. The van der Waals surface area contributed by atoms with Gasteiger partial charge in [-0.2, -0.15) is 0 Å². The van der Waals surface area contributed by atoms with E-state index >= 15 is 0 Å². The number of nitrogens with two attached hydrogens (primary N) is 1. The Morgan fingerprint density at radius 2 is 2.05 bits per heavy atom. The number of carbonyl (C=O) groups is 1. The molecule has 0 atom stereocenters. The minimum atomic E-state index is -0.642. The highest BCUT2D eigenvalue weighted by molar-refractivity contribution is 6.30. The largest absolute Gasteiger partial charge is 0.505 e. The molecular weight excluding hydrogens is 271 g/mol. The van der Waals surface area contributed by atoms with Gasteiger partial charge in [0, 0.05) is 5.69 Å². The number of carbonyl (C=O) groups excluding carboxylic acids is 1. The predicted molar refractivity (Wildman–Crippen MR) is 71.9 cm³/mol. The average Bonchev–Trinajstić information content (AvgIpc) is 2.37. The molecule has 0 heterocycles. The van der Waals surface area contributed by atoms with Gasteiger partial charge in [0.05, 0.1) is 16.3 Å². The van der Waals surface area contributed by atoms with Crippen LogP contribution in [0.4, 0.5) is 15.8 Å². The van der Waals surface area contributed by atoms with E-state index in [0.29, 0.717) is 0 Å². The number of nitrogens with one attached hydrogen (secondary N) is 1. The van der Waals surface area contributed by atoms with Crippen molar-refractivity contribution < 1.29 is 14.3 Å². The van der Waals surface area contributed by atoms with Crippen LogP contribution >= 0.6 is 11.6 Å². The first kappa shape index (κ1) is 13.2. The van der Waals surface area contributed by atoms with Crippen molar-refractivity contribution in [1.82, 2.24) is 0 Å². The van der Waals surface area contributed by atoms with Crippen LogP contribution in [0.5, 0.6) is 5.75 Å². The molecule has 0 radical (unpaired) electrons. The van der Waals surface area contributed by atoms with E-state index in [4.69, 9.17) is 17.3 Å². The number of nitrogen functional groups attached to an aromatic ring is 1. The fourth-order valence-corrected chi connectivity index (χ4v) is 1.63. The number of para-hydroxylation sites is 1. The van der Waals surface area contributed by atoms with Gasteiger partial charge in [-0.05, 0) is 30.3 Å². The number of anilines is 2. The van der Waals surface area contributed by atoms with Crippen molar-refractivity contribution in [3.8, 4) is 5.75 Å². The molecule has 4 N–H and O–H groups in total. The topological polar surface area (TPSA) is 75.4 Å². The van der Waals surface area contributed by atoms with Crippen LogP contribution in [0, 0.1) is 5.82 Å². The van der Waals surface area contributed by atoms with Gasteiger partial charge in [-0.25, -0.2) is 4.39 Å². The van der Waals surface area contributed by atoms with Crippen LogP contribution in [0.1, 0.15) is 10.4 Å². The van der Waals surface area contributed by atoms with Crippen LogP contribution < -0.4 is 11.1 Å². The summed E-state index contributed by atoms with van der Waals surface area (Å²) < 4.78 is 13.2. The Kier molecular flexibility index (Phi) is 3.57. The Labute approximate surface area is 113 Å². The number of halogens is 2. The monoisotopic (exact) mass is 280 g/mol. The van der Waals surface area contributed by atoms with Gasteiger partial charge in [0.2, 0.25) is 0 Å². The zero-order chi connectivity index (χ0) is 14.0. The SMILES string of the molecule is Nc1cccc(C(=O)Nc2ccc(Cl)c(F)c2)c1O. The van der Waals surface area contributed by atoms with Crippen LogP contribution in [0.25, 0.3) is 0 Å². The van der Waals surface area contributed by atoms with Crippen LogP contribution in [-0.2, 0) is 0 Å². The van der Waals surface area contributed by atoms with Gasteiger partial charge >= 0.3 is 0 Å². The van der Waals surface area contributed by atoms with E-state index in [1.165, 1.54) is 30.3 Å². The summed E-state index contributed by atoms with van der Waals surface area (Å²) in [5.41, 5.74) is 5.82. The van der Waals surface area contributed by atoms with Crippen molar-refractivity contribution in [1.29, 1.82) is 0 Å². The standard InChI is InChI=1S/C13H10ClFN2O2/c14-9-5-4-7(6-10(9)15)17-13(19)8-2-1-3-11(16)12(8)18/h1-6,18H,16H2,(H,17,19). The van der Waals surface area contributed by atoms with Crippen LogP contribution in [0.2, 0.25) is 5.02 Å². The van der Waals surface area contributed by atoms with Crippen LogP contribution in [-0.4, -0.2) is 11.0 Å². The van der Waals surface area contributed by atoms with Gasteiger partial charge in [-0.15, -0.1) is 0 Å². The number of amides is 1. The summed E-state index contributed by atoms with van der Waals surface area (Å²) in [5, 5.41) is 12.1. The molecule has 2 aromatic rings. The number of hydrogen-bond acceptors (Lipinski definition) is 3. The van der Waals surface area contributed by atoms with Crippen molar-refractivity contribution >= 4 is 28.9 Å². The minimum absolute atomic E-state index is 0.00959. The fraction of sp³-hybridized carbons (Fsp3) is 0. The number of benzene rings is 2. The summed E-state index contributed by atoms with van der Waals surface area (Å²) in [5.74, 6) is -1.54. The molecule has 0 unspecified atom stereocenters. The van der Waals surface area contributed by atoms with Crippen LogP contribution in [0.3, 0.4) is 0 Å². The molecule has 1 amide bonds. The highest BCUT2D eigenvalue weighted by atomic mass is 35.5. The maximum atomic E-state index is 13.2. The Morgan fingerprint density at radius 3 is 2.74 bits per heavy atom. The molecule has 0 aromatic heterocycles. The first-order valence-corrected chi connectivity index (χ1v) is 5.70. The van der Waals surface area contributed by atoms with Gasteiger partial charge in [0.15, 0.2) is 5.75 Å². The molecular formula is C13H10ClFN2O2. The van der Waals surface area contributed by atoms with E-state index < -0.39 is 11.7 Å². The lowest BCUT2D eigenvalue weighted by Crippen LogP contribution is -2.12. The Bertz CT molecular complexity index is 647. The van der Waals surface area contributed by atoms with Crippen molar-refractivity contribution in [2.75, 3.05) is 11.1 Å². The summed E-state index contributed by atoms with van der Waals surface area (Å²) in [4.78, 5) is 11.9. The van der Waals surface area contributed by atoms with Gasteiger partial charge < -0.3 is 16.2 Å². The summed E-state index contributed by atoms with van der Waals surface area (Å²) in [6.45, 7) is 0. The quantitative estimate of drug-likeness (QED) is 0.585. The first-order valence-electron chi connectivity index (χ1n) is 5.33. The first-order chi connectivity index (χ1) is 8.99. The average molecular weight is 281 g/mol. The van der Waals surface area contributed by atoms with E-state index in [-0.39, 0.29) is 27.7 Å². The van der Waals surface area contributed by atoms with Gasteiger partial charge in [-0.3, -0.25) is 4.79 Å². The maximum Gasteiger partial charge on any atom is 0.259 e. The molecule has 0 aliphatic rings. The van der Waals surface area contributed by atoms with E-state index in [9.17, 15) is 14.3 Å². The van der Waals surface area contributed by atoms with Crippen molar-refractivity contribution in [3.63, 3.8) is 0 Å². The summed E-state index contributed by atoms with van der Waals surface area (Å²) in [7, 11) is 0. The molecule has 0 bridgehead atoms. The summed E-state index contributed by atoms with van der Waals surface area (Å²) in [6.07, 6.45) is 0. The molecule has 98 valence electrons. The Morgan fingerprint density at radius 1 is 1.32 bits per heavy atom. The predicted octanol–water partition coefficient (Wildman–Crippen LogP) is 3.02. The van der Waals surface area contributed by atoms with Crippen molar-refractivity contribution in [2.24, 2.45) is 0 Å². The number of rotatable bonds is 2. The molecule has 0 spiro atoms. The molecule has 2 rings (SSSR count). The zero-order valence-electron chi connectivity index (χ0n) is 9.65. The third-order valence-corrected chi connectivity index (χ3v) is 2.80. The summed E-state index contributed by atoms with van der Waals surface area (Å²) in [6, 6.07) is 8.27. The third kappa shape index (κ3) is 2.77. The third-order valence-electron chi connectivity index (χ3n) is 2.49. The van der Waals surface area contributed by atoms with Gasteiger partial charge in [-0.1, -0.05) is 17.7 Å². The lowest BCUT2D eigenvalue weighted by molar-refractivity contribution is 0.102. The van der Waals surface area contributed by atoms with Gasteiger partial charge in [0.1, 0.15) is 5.82 Å². The molecule has 0 aliphatic heterocycles. The maximum absolute atomic E-state index is 13.2. The van der Waals surface area contributed by atoms with E-state index in [2.05, 4.69) is 5.32 Å². The molecule has 0 saturated heterocycles. The molecule has 0 saturated carbocycles. The number of phenols is 1. The molecule has 4 nitrogen and oxygen atoms in total.